The van der Waals surface area contributed by atoms with E-state index in [0.717, 1.165) is 19.1 Å². The Bertz CT molecular complexity index is 517. The number of likely N-dealkylation sites (N-methyl/N-ethyl adjacent to an activating group) is 1. The molecule has 3 nitrogen and oxygen atoms in total. The van der Waals surface area contributed by atoms with Crippen LogP contribution < -0.4 is 5.32 Å². The number of aromatic nitrogens is 1. The van der Waals surface area contributed by atoms with Gasteiger partial charge in [-0.05, 0) is 49.5 Å². The van der Waals surface area contributed by atoms with Crippen molar-refractivity contribution in [1.29, 1.82) is 0 Å². The lowest BCUT2D eigenvalue weighted by atomic mass is 10.1. The molecule has 2 heterocycles. The summed E-state index contributed by atoms with van der Waals surface area (Å²) >= 11 is 0. The average molecular weight is 243 g/mol. The molecule has 18 heavy (non-hydrogen) atoms. The molecule has 96 valence electrons. The van der Waals surface area contributed by atoms with E-state index < -0.39 is 0 Å². The number of aromatic amines is 1. The highest BCUT2D eigenvalue weighted by atomic mass is 15.2. The highest BCUT2D eigenvalue weighted by Crippen LogP contribution is 2.15. The Balaban J connectivity index is 1.56. The minimum Gasteiger partial charge on any atom is -0.361 e. The van der Waals surface area contributed by atoms with Gasteiger partial charge in [0.05, 0.1) is 0 Å². The maximum Gasteiger partial charge on any atom is 0.0457 e. The van der Waals surface area contributed by atoms with Crippen molar-refractivity contribution in [2.75, 3.05) is 20.1 Å². The molecule has 1 aliphatic heterocycles. The van der Waals surface area contributed by atoms with Crippen molar-refractivity contribution < 1.29 is 0 Å². The minimum absolute atomic E-state index is 0.721. The smallest absolute Gasteiger partial charge is 0.0457 e. The van der Waals surface area contributed by atoms with Crippen LogP contribution in [0.15, 0.2) is 30.5 Å². The molecular weight excluding hydrogens is 222 g/mol. The zero-order chi connectivity index (χ0) is 12.4. The summed E-state index contributed by atoms with van der Waals surface area (Å²) in [6.45, 7) is 3.30. The first-order valence-corrected chi connectivity index (χ1v) is 6.80. The Labute approximate surface area is 108 Å². The van der Waals surface area contributed by atoms with E-state index in [1.807, 2.05) is 6.20 Å². The lowest BCUT2D eigenvalue weighted by molar-refractivity contribution is 0.300. The third-order valence-electron chi connectivity index (χ3n) is 4.00. The van der Waals surface area contributed by atoms with Crippen LogP contribution in [0.5, 0.6) is 0 Å². The van der Waals surface area contributed by atoms with Crippen LogP contribution in [-0.4, -0.2) is 36.1 Å². The molecule has 2 N–H and O–H groups in total. The predicted octanol–water partition coefficient (Wildman–Crippen LogP) is 2.35. The Morgan fingerprint density at radius 1 is 1.39 bits per heavy atom. The molecule has 3 heteroatoms. The van der Waals surface area contributed by atoms with Crippen LogP contribution in [0, 0.1) is 0 Å². The van der Waals surface area contributed by atoms with Crippen molar-refractivity contribution in [3.63, 3.8) is 0 Å². The molecule has 0 aliphatic carbocycles. The molecule has 0 bridgehead atoms. The fourth-order valence-electron chi connectivity index (χ4n) is 2.83. The van der Waals surface area contributed by atoms with Crippen molar-refractivity contribution in [2.24, 2.45) is 0 Å². The summed E-state index contributed by atoms with van der Waals surface area (Å²) in [6, 6.07) is 9.46. The zero-order valence-corrected chi connectivity index (χ0v) is 10.9. The van der Waals surface area contributed by atoms with Gasteiger partial charge in [-0.2, -0.15) is 0 Å². The van der Waals surface area contributed by atoms with E-state index in [1.54, 1.807) is 0 Å². The third kappa shape index (κ3) is 2.42. The number of hydrogen-bond donors (Lipinski definition) is 2. The van der Waals surface area contributed by atoms with Gasteiger partial charge in [0.2, 0.25) is 0 Å². The predicted molar refractivity (Wildman–Crippen MR) is 75.7 cm³/mol. The van der Waals surface area contributed by atoms with Crippen LogP contribution in [0.25, 0.3) is 10.9 Å². The van der Waals surface area contributed by atoms with Gasteiger partial charge in [0, 0.05) is 30.8 Å². The summed E-state index contributed by atoms with van der Waals surface area (Å²) in [4.78, 5) is 5.72. The quantitative estimate of drug-likeness (QED) is 0.863. The first kappa shape index (κ1) is 11.8. The van der Waals surface area contributed by atoms with Gasteiger partial charge in [-0.1, -0.05) is 12.1 Å². The summed E-state index contributed by atoms with van der Waals surface area (Å²) in [6.07, 6.45) is 4.67. The first-order chi connectivity index (χ1) is 8.83. The average Bonchev–Trinajstić information content (AvgIpc) is 2.98. The standard InChI is InChI=1S/C15H21N3/c1-18-8-2-3-14(18)11-16-10-12-4-5-13-6-7-17-15(13)9-12/h4-7,9,14,16-17H,2-3,8,10-11H2,1H3. The molecule has 1 aromatic heterocycles. The maximum absolute atomic E-state index is 3.58. The lowest BCUT2D eigenvalue weighted by Gasteiger charge is -2.19. The van der Waals surface area contributed by atoms with Gasteiger partial charge in [-0.3, -0.25) is 0 Å². The van der Waals surface area contributed by atoms with Crippen molar-refractivity contribution in [1.82, 2.24) is 15.2 Å². The van der Waals surface area contributed by atoms with E-state index in [1.165, 1.54) is 35.9 Å². The number of nitrogens with zero attached hydrogens (tertiary/aromatic N) is 1. The van der Waals surface area contributed by atoms with Gasteiger partial charge in [0.15, 0.2) is 0 Å². The molecule has 1 aliphatic rings. The highest BCUT2D eigenvalue weighted by Gasteiger charge is 2.19. The zero-order valence-electron chi connectivity index (χ0n) is 10.9. The molecule has 1 aromatic carbocycles. The Morgan fingerprint density at radius 2 is 2.33 bits per heavy atom. The van der Waals surface area contributed by atoms with E-state index in [0.29, 0.717) is 0 Å². The van der Waals surface area contributed by atoms with Crippen molar-refractivity contribution in [3.05, 3.63) is 36.0 Å². The molecule has 0 saturated carbocycles. The summed E-state index contributed by atoms with van der Waals surface area (Å²) in [5.41, 5.74) is 2.58. The van der Waals surface area contributed by atoms with Crippen LogP contribution in [0.2, 0.25) is 0 Å². The second-order valence-corrected chi connectivity index (χ2v) is 5.31. The number of nitrogens with one attached hydrogen (secondary N) is 2. The number of rotatable bonds is 4. The van der Waals surface area contributed by atoms with E-state index in [9.17, 15) is 0 Å². The number of likely N-dealkylation sites (tertiary alicyclic amines) is 1. The normalized spacial score (nSPS) is 20.8. The second kappa shape index (κ2) is 5.12. The van der Waals surface area contributed by atoms with Crippen molar-refractivity contribution in [2.45, 2.75) is 25.4 Å². The van der Waals surface area contributed by atoms with Gasteiger partial charge in [-0.25, -0.2) is 0 Å². The number of benzene rings is 1. The van der Waals surface area contributed by atoms with E-state index in [4.69, 9.17) is 0 Å². The minimum atomic E-state index is 0.721. The molecule has 3 rings (SSSR count). The molecule has 0 radical (unpaired) electrons. The van der Waals surface area contributed by atoms with Crippen LogP contribution in [0.1, 0.15) is 18.4 Å². The van der Waals surface area contributed by atoms with Gasteiger partial charge >= 0.3 is 0 Å². The van der Waals surface area contributed by atoms with Crippen molar-refractivity contribution in [3.8, 4) is 0 Å². The topological polar surface area (TPSA) is 31.1 Å². The molecule has 1 unspecified atom stereocenters. The number of hydrogen-bond acceptors (Lipinski definition) is 2. The molecule has 1 fully saturated rings. The fourth-order valence-corrected chi connectivity index (χ4v) is 2.83. The van der Waals surface area contributed by atoms with Gasteiger partial charge in [-0.15, -0.1) is 0 Å². The molecule has 2 aromatic rings. The third-order valence-corrected chi connectivity index (χ3v) is 4.00. The molecule has 0 amide bonds. The lowest BCUT2D eigenvalue weighted by Crippen LogP contribution is -2.35. The Kier molecular flexibility index (Phi) is 3.35. The Hall–Kier alpha value is -1.32. The van der Waals surface area contributed by atoms with Gasteiger partial charge < -0.3 is 15.2 Å². The van der Waals surface area contributed by atoms with E-state index >= 15 is 0 Å². The SMILES string of the molecule is CN1CCCC1CNCc1ccc2cc[nH]c2c1. The summed E-state index contributed by atoms with van der Waals surface area (Å²) in [5, 5.41) is 4.86. The molecule has 0 spiro atoms. The largest absolute Gasteiger partial charge is 0.361 e. The van der Waals surface area contributed by atoms with Crippen LogP contribution in [-0.2, 0) is 6.54 Å². The van der Waals surface area contributed by atoms with Crippen LogP contribution >= 0.6 is 0 Å². The summed E-state index contributed by atoms with van der Waals surface area (Å²) in [5.74, 6) is 0. The molecule has 1 atom stereocenters. The highest BCUT2D eigenvalue weighted by molar-refractivity contribution is 5.79. The van der Waals surface area contributed by atoms with E-state index in [-0.39, 0.29) is 0 Å². The monoisotopic (exact) mass is 243 g/mol. The summed E-state index contributed by atoms with van der Waals surface area (Å²) < 4.78 is 0. The van der Waals surface area contributed by atoms with Crippen molar-refractivity contribution >= 4 is 10.9 Å². The fraction of sp³-hybridized carbons (Fsp3) is 0.467. The van der Waals surface area contributed by atoms with Gasteiger partial charge in [0.25, 0.3) is 0 Å². The molecule has 1 saturated heterocycles. The van der Waals surface area contributed by atoms with Crippen LogP contribution in [0.4, 0.5) is 0 Å². The van der Waals surface area contributed by atoms with Gasteiger partial charge in [0.1, 0.15) is 0 Å². The van der Waals surface area contributed by atoms with Crippen LogP contribution in [0.3, 0.4) is 0 Å². The summed E-state index contributed by atoms with van der Waals surface area (Å²) in [7, 11) is 2.23. The number of fused-ring (bicyclic) bond motifs is 1. The Morgan fingerprint density at radius 3 is 3.17 bits per heavy atom. The maximum atomic E-state index is 3.58. The second-order valence-electron chi connectivity index (χ2n) is 5.31. The van der Waals surface area contributed by atoms with E-state index in [2.05, 4.69) is 46.5 Å². The first-order valence-electron chi connectivity index (χ1n) is 6.80. The molecular formula is C15H21N3. The number of H-pyrrole nitrogens is 1.